The van der Waals surface area contributed by atoms with E-state index in [-0.39, 0.29) is 30.2 Å². The van der Waals surface area contributed by atoms with Crippen LogP contribution in [0.25, 0.3) is 11.3 Å². The quantitative estimate of drug-likeness (QED) is 0.0979. The highest BCUT2D eigenvalue weighted by Gasteiger charge is 2.37. The second kappa shape index (κ2) is 13.5. The Kier molecular flexibility index (Phi) is 9.98. The zero-order valence-electron chi connectivity index (χ0n) is 23.8. The number of nitrogens with zero attached hydrogens (tertiary/aromatic N) is 1. The Morgan fingerprint density at radius 2 is 1.66 bits per heavy atom. The molecule has 4 rings (SSSR count). The van der Waals surface area contributed by atoms with Gasteiger partial charge in [0.1, 0.15) is 23.7 Å². The first-order chi connectivity index (χ1) is 20.9. The first-order valence-electron chi connectivity index (χ1n) is 12.9. The molecule has 6 nitrogen and oxygen atoms in total. The fourth-order valence-electron chi connectivity index (χ4n) is 4.30. The van der Waals surface area contributed by atoms with E-state index in [9.17, 15) is 26.7 Å². The number of aryl methyl sites for hydroxylation is 1. The Labute approximate surface area is 252 Å². The van der Waals surface area contributed by atoms with Gasteiger partial charge in [0.25, 0.3) is 0 Å². The van der Waals surface area contributed by atoms with Crippen molar-refractivity contribution in [3.05, 3.63) is 94.4 Å². The highest BCUT2D eigenvalue weighted by atomic mass is 32.2. The molecule has 0 aliphatic heterocycles. The van der Waals surface area contributed by atoms with E-state index in [0.717, 1.165) is 18.7 Å². The fourth-order valence-corrected chi connectivity index (χ4v) is 4.99. The summed E-state index contributed by atoms with van der Waals surface area (Å²) in [5.74, 6) is -7.40. The van der Waals surface area contributed by atoms with Crippen molar-refractivity contribution >= 4 is 17.7 Å². The van der Waals surface area contributed by atoms with E-state index in [2.05, 4.69) is 4.98 Å². The molecule has 0 saturated carbocycles. The van der Waals surface area contributed by atoms with Gasteiger partial charge in [-0.1, -0.05) is 30.3 Å². The van der Waals surface area contributed by atoms with Crippen molar-refractivity contribution in [2.75, 3.05) is 20.0 Å². The van der Waals surface area contributed by atoms with Crippen LogP contribution in [0, 0.1) is 24.4 Å². The summed E-state index contributed by atoms with van der Waals surface area (Å²) in [7, 11) is 0.999. The summed E-state index contributed by atoms with van der Waals surface area (Å²) in [6.45, 7) is 3.01. The van der Waals surface area contributed by atoms with Gasteiger partial charge in [-0.05, 0) is 49.9 Å². The molecule has 13 heteroatoms. The van der Waals surface area contributed by atoms with Gasteiger partial charge in [0.05, 0.1) is 35.6 Å². The molecule has 0 fully saturated rings. The summed E-state index contributed by atoms with van der Waals surface area (Å²) in [6.07, 6.45) is -3.46. The molecular weight excluding hydrogens is 612 g/mol. The number of carbonyl (C=O) groups excluding carboxylic acids is 1. The Morgan fingerprint density at radius 3 is 2.27 bits per heavy atom. The van der Waals surface area contributed by atoms with Crippen LogP contribution in [0.4, 0.5) is 26.3 Å². The van der Waals surface area contributed by atoms with Gasteiger partial charge in [-0.3, -0.25) is 4.98 Å². The third-order valence-electron chi connectivity index (χ3n) is 6.26. The van der Waals surface area contributed by atoms with Crippen LogP contribution >= 0.6 is 11.8 Å². The average molecular weight is 638 g/mol. The van der Waals surface area contributed by atoms with Crippen LogP contribution in [0.2, 0.25) is 0 Å². The summed E-state index contributed by atoms with van der Waals surface area (Å²) in [6, 6.07) is 11.4. The van der Waals surface area contributed by atoms with Crippen molar-refractivity contribution in [1.82, 2.24) is 4.98 Å². The minimum Gasteiger partial charge on any atom is -0.490 e. The summed E-state index contributed by atoms with van der Waals surface area (Å²) in [4.78, 5) is 18.3. The normalized spacial score (nSPS) is 11.3. The van der Waals surface area contributed by atoms with Gasteiger partial charge in [0.2, 0.25) is 11.6 Å². The third kappa shape index (κ3) is 6.72. The largest absolute Gasteiger partial charge is 0.490 e. The van der Waals surface area contributed by atoms with Gasteiger partial charge < -0.3 is 18.9 Å². The van der Waals surface area contributed by atoms with E-state index in [1.54, 1.807) is 50.4 Å². The molecule has 0 N–H and O–H groups in total. The molecule has 3 aromatic carbocycles. The highest BCUT2D eigenvalue weighted by Crippen LogP contribution is 2.46. The Morgan fingerprint density at radius 1 is 0.955 bits per heavy atom. The number of alkyl halides is 3. The summed E-state index contributed by atoms with van der Waals surface area (Å²) in [5.41, 5.74) is -1.75. The van der Waals surface area contributed by atoms with Gasteiger partial charge in [-0.15, -0.1) is 11.8 Å². The first kappa shape index (κ1) is 32.5. The van der Waals surface area contributed by atoms with Crippen LogP contribution in [0.15, 0.2) is 59.5 Å². The maximum atomic E-state index is 15.1. The van der Waals surface area contributed by atoms with Crippen LogP contribution in [0.5, 0.6) is 23.0 Å². The molecule has 0 aliphatic carbocycles. The summed E-state index contributed by atoms with van der Waals surface area (Å²) >= 11 is 1.19. The molecule has 1 heterocycles. The molecule has 0 amide bonds. The molecule has 4 aromatic rings. The fraction of sp³-hybridized carbons (Fsp3) is 0.226. The second-order valence-electron chi connectivity index (χ2n) is 9.10. The molecule has 0 spiro atoms. The van der Waals surface area contributed by atoms with Crippen molar-refractivity contribution < 1.29 is 50.1 Å². The number of aromatic nitrogens is 1. The minimum absolute atomic E-state index is 0.000957. The van der Waals surface area contributed by atoms with Crippen molar-refractivity contribution in [2.45, 2.75) is 31.5 Å². The number of hydrogen-bond donors (Lipinski definition) is 0. The van der Waals surface area contributed by atoms with Gasteiger partial charge in [0, 0.05) is 5.56 Å². The van der Waals surface area contributed by atoms with Crippen molar-refractivity contribution in [2.24, 2.45) is 0 Å². The number of thioether (sulfide) groups is 1. The van der Waals surface area contributed by atoms with Crippen LogP contribution in [-0.4, -0.2) is 30.9 Å². The summed E-state index contributed by atoms with van der Waals surface area (Å²) < 4.78 is 107. The number of benzene rings is 3. The Hall–Kier alpha value is -4.39. The number of methoxy groups -OCH3 is 1. The molecule has 0 saturated heterocycles. The molecule has 44 heavy (non-hydrogen) atoms. The van der Waals surface area contributed by atoms with Gasteiger partial charge in [-0.25, -0.2) is 13.6 Å². The third-order valence-corrected chi connectivity index (χ3v) is 7.14. The topological polar surface area (TPSA) is 66.9 Å². The van der Waals surface area contributed by atoms with Gasteiger partial charge >= 0.3 is 12.1 Å². The first-order valence-corrected chi connectivity index (χ1v) is 14.2. The minimum atomic E-state index is -5.17. The lowest BCUT2D eigenvalue weighted by atomic mass is 10.00. The second-order valence-corrected chi connectivity index (χ2v) is 9.92. The van der Waals surface area contributed by atoms with E-state index in [0.29, 0.717) is 28.8 Å². The van der Waals surface area contributed by atoms with Crippen LogP contribution in [-0.2, 0) is 17.5 Å². The van der Waals surface area contributed by atoms with E-state index in [4.69, 9.17) is 18.9 Å². The molecule has 0 unspecified atom stereocenters. The van der Waals surface area contributed by atoms with Gasteiger partial charge in [-0.2, -0.15) is 17.6 Å². The number of pyridine rings is 1. The molecule has 0 aliphatic rings. The predicted octanol–water partition coefficient (Wildman–Crippen LogP) is 8.77. The number of halogens is 6. The standard InChI is InChI=1S/C31H25F6NO5S/c1-5-41-30(39)24-26(38-16(2)29(44-4)28(24)42-15-17-9-7-6-8-10-17)18-13-21(33)19(31(35,36)37)14-23(18)43-22-12-11-20(32)25(34)27(22)40-3/h6-14H,5,15H2,1-4H3. The Bertz CT molecular complexity index is 1680. The van der Waals surface area contributed by atoms with E-state index in [1.807, 2.05) is 0 Å². The van der Waals surface area contributed by atoms with E-state index >= 15 is 4.39 Å². The number of esters is 1. The molecule has 232 valence electrons. The zero-order valence-corrected chi connectivity index (χ0v) is 24.6. The van der Waals surface area contributed by atoms with Crippen LogP contribution in [0.1, 0.15) is 34.1 Å². The van der Waals surface area contributed by atoms with Gasteiger partial charge in [0.15, 0.2) is 17.3 Å². The lowest BCUT2D eigenvalue weighted by Gasteiger charge is -2.21. The lowest BCUT2D eigenvalue weighted by molar-refractivity contribution is -0.140. The SMILES string of the molecule is CCOC(=O)c1c(-c2cc(F)c(C(F)(F)F)cc2Oc2ccc(F)c(F)c2OC)nc(C)c(SC)c1OCc1ccccc1. The number of hydrogen-bond acceptors (Lipinski definition) is 7. The van der Waals surface area contributed by atoms with Crippen LogP contribution < -0.4 is 14.2 Å². The molecule has 0 bridgehead atoms. The van der Waals surface area contributed by atoms with Crippen LogP contribution in [0.3, 0.4) is 0 Å². The molecular formula is C31H25F6NO5S. The smallest absolute Gasteiger partial charge is 0.419 e. The van der Waals surface area contributed by atoms with Crippen molar-refractivity contribution in [3.8, 4) is 34.3 Å². The number of rotatable bonds is 10. The highest BCUT2D eigenvalue weighted by molar-refractivity contribution is 7.98. The average Bonchev–Trinajstić information content (AvgIpc) is 2.98. The van der Waals surface area contributed by atoms with E-state index < -0.39 is 58.0 Å². The molecule has 1 aromatic heterocycles. The molecule has 0 atom stereocenters. The monoisotopic (exact) mass is 637 g/mol. The maximum Gasteiger partial charge on any atom is 0.419 e. The summed E-state index contributed by atoms with van der Waals surface area (Å²) in [5, 5.41) is 0. The lowest BCUT2D eigenvalue weighted by Crippen LogP contribution is -2.14. The van der Waals surface area contributed by atoms with E-state index in [1.165, 1.54) is 11.8 Å². The predicted molar refractivity (Wildman–Crippen MR) is 151 cm³/mol. The maximum absolute atomic E-state index is 15.1. The van der Waals surface area contributed by atoms with Crippen molar-refractivity contribution in [3.63, 3.8) is 0 Å². The number of carbonyl (C=O) groups is 1. The molecule has 0 radical (unpaired) electrons. The van der Waals surface area contributed by atoms with Crippen molar-refractivity contribution in [1.29, 1.82) is 0 Å². The Balaban J connectivity index is 2.03. The zero-order chi connectivity index (χ0) is 32.2. The number of ether oxygens (including phenoxy) is 4.